The van der Waals surface area contributed by atoms with Gasteiger partial charge in [-0.25, -0.2) is 9.78 Å². The average molecular weight is 294 g/mol. The van der Waals surface area contributed by atoms with E-state index in [4.69, 9.17) is 5.11 Å². The van der Waals surface area contributed by atoms with Crippen molar-refractivity contribution in [2.24, 2.45) is 11.3 Å². The molecule has 2 rings (SSSR count). The molecule has 108 valence electrons. The van der Waals surface area contributed by atoms with E-state index in [9.17, 15) is 9.59 Å². The number of hydrogen-bond acceptors (Lipinski definition) is 4. The molecule has 0 spiro atoms. The number of carboxylic acids is 1. The summed E-state index contributed by atoms with van der Waals surface area (Å²) in [6.07, 6.45) is 7.13. The summed E-state index contributed by atoms with van der Waals surface area (Å²) in [5.41, 5.74) is 0.0351. The van der Waals surface area contributed by atoms with Crippen LogP contribution in [0, 0.1) is 11.3 Å². The molecule has 0 radical (unpaired) electrons. The average Bonchev–Trinajstić information content (AvgIpc) is 2.92. The molecular formula is C14H18N2O3S. The Morgan fingerprint density at radius 1 is 1.55 bits per heavy atom. The van der Waals surface area contributed by atoms with Crippen LogP contribution in [0.25, 0.3) is 6.08 Å². The summed E-state index contributed by atoms with van der Waals surface area (Å²) in [6.45, 7) is 4.24. The molecule has 0 bridgehead atoms. The zero-order valence-electron chi connectivity index (χ0n) is 11.5. The van der Waals surface area contributed by atoms with Gasteiger partial charge in [-0.1, -0.05) is 31.6 Å². The van der Waals surface area contributed by atoms with Gasteiger partial charge < -0.3 is 10.4 Å². The van der Waals surface area contributed by atoms with Crippen LogP contribution in [0.4, 0.5) is 5.13 Å². The zero-order chi connectivity index (χ0) is 14.8. The number of nitrogens with one attached hydrogen (secondary N) is 1. The van der Waals surface area contributed by atoms with E-state index in [1.165, 1.54) is 17.4 Å². The van der Waals surface area contributed by atoms with E-state index < -0.39 is 5.97 Å². The van der Waals surface area contributed by atoms with Crippen LogP contribution in [0.2, 0.25) is 0 Å². The van der Waals surface area contributed by atoms with E-state index in [2.05, 4.69) is 24.1 Å². The Morgan fingerprint density at radius 2 is 2.30 bits per heavy atom. The van der Waals surface area contributed by atoms with E-state index in [0.29, 0.717) is 10.0 Å². The van der Waals surface area contributed by atoms with Gasteiger partial charge in [-0.3, -0.25) is 4.79 Å². The molecule has 0 saturated heterocycles. The SMILES string of the molecule is CC1(C)CCCC1C(=O)Nc1ncc(/C=C/C(=O)O)s1. The quantitative estimate of drug-likeness (QED) is 0.837. The molecule has 1 aromatic rings. The fourth-order valence-electron chi connectivity index (χ4n) is 2.58. The topological polar surface area (TPSA) is 79.3 Å². The summed E-state index contributed by atoms with van der Waals surface area (Å²) in [4.78, 5) is 27.5. The van der Waals surface area contributed by atoms with Crippen molar-refractivity contribution in [3.05, 3.63) is 17.2 Å². The van der Waals surface area contributed by atoms with Crippen LogP contribution in [-0.4, -0.2) is 22.0 Å². The van der Waals surface area contributed by atoms with Gasteiger partial charge in [-0.2, -0.15) is 0 Å². The molecule has 1 amide bonds. The molecule has 1 saturated carbocycles. The molecule has 1 aliphatic carbocycles. The predicted molar refractivity (Wildman–Crippen MR) is 78.5 cm³/mol. The lowest BCUT2D eigenvalue weighted by Crippen LogP contribution is -2.30. The molecule has 1 fully saturated rings. The first kappa shape index (κ1) is 14.7. The van der Waals surface area contributed by atoms with Gasteiger partial charge in [-0.05, 0) is 24.3 Å². The van der Waals surface area contributed by atoms with Crippen LogP contribution in [0.1, 0.15) is 38.0 Å². The molecule has 0 aliphatic heterocycles. The zero-order valence-corrected chi connectivity index (χ0v) is 12.4. The van der Waals surface area contributed by atoms with Gasteiger partial charge in [0.15, 0.2) is 5.13 Å². The Labute approximate surface area is 121 Å². The van der Waals surface area contributed by atoms with Gasteiger partial charge in [0, 0.05) is 23.1 Å². The smallest absolute Gasteiger partial charge is 0.328 e. The van der Waals surface area contributed by atoms with Crippen molar-refractivity contribution in [1.29, 1.82) is 0 Å². The highest BCUT2D eigenvalue weighted by molar-refractivity contribution is 7.16. The van der Waals surface area contributed by atoms with Crippen LogP contribution >= 0.6 is 11.3 Å². The molecule has 1 atom stereocenters. The molecule has 20 heavy (non-hydrogen) atoms. The maximum Gasteiger partial charge on any atom is 0.328 e. The van der Waals surface area contributed by atoms with Gasteiger partial charge in [-0.15, -0.1) is 0 Å². The minimum atomic E-state index is -1.00. The number of anilines is 1. The predicted octanol–water partition coefficient (Wildman–Crippen LogP) is 3.01. The number of aromatic nitrogens is 1. The fourth-order valence-corrected chi connectivity index (χ4v) is 3.30. The molecule has 1 aromatic heterocycles. The van der Waals surface area contributed by atoms with Crippen LogP contribution in [-0.2, 0) is 9.59 Å². The number of hydrogen-bond donors (Lipinski definition) is 2. The third kappa shape index (κ3) is 3.45. The molecular weight excluding hydrogens is 276 g/mol. The number of thiazole rings is 1. The Bertz CT molecular complexity index is 548. The fraction of sp³-hybridized carbons (Fsp3) is 0.500. The number of carbonyl (C=O) groups excluding carboxylic acids is 1. The third-order valence-electron chi connectivity index (χ3n) is 3.72. The van der Waals surface area contributed by atoms with Gasteiger partial charge >= 0.3 is 5.97 Å². The maximum atomic E-state index is 12.2. The van der Waals surface area contributed by atoms with Crippen molar-refractivity contribution < 1.29 is 14.7 Å². The van der Waals surface area contributed by atoms with Gasteiger partial charge in [0.05, 0.1) is 0 Å². The minimum Gasteiger partial charge on any atom is -0.478 e. The number of aliphatic carboxylic acids is 1. The molecule has 0 aromatic carbocycles. The highest BCUT2D eigenvalue weighted by Gasteiger charge is 2.39. The van der Waals surface area contributed by atoms with E-state index in [1.807, 2.05) is 0 Å². The number of carboxylic acid groups (broad SMARTS) is 1. The van der Waals surface area contributed by atoms with E-state index in [0.717, 1.165) is 25.3 Å². The number of rotatable bonds is 4. The molecule has 1 aliphatic rings. The standard InChI is InChI=1S/C14H18N2O3S/c1-14(2)7-3-4-10(14)12(19)16-13-15-8-9(20-13)5-6-11(17)18/h5-6,8,10H,3-4,7H2,1-2H3,(H,17,18)(H,15,16,19)/b6-5+. The van der Waals surface area contributed by atoms with E-state index >= 15 is 0 Å². The first-order chi connectivity index (χ1) is 9.38. The van der Waals surface area contributed by atoms with Crippen molar-refractivity contribution in [2.75, 3.05) is 5.32 Å². The molecule has 1 heterocycles. The molecule has 5 nitrogen and oxygen atoms in total. The Kier molecular flexibility index (Phi) is 4.23. The maximum absolute atomic E-state index is 12.2. The summed E-state index contributed by atoms with van der Waals surface area (Å²) < 4.78 is 0. The lowest BCUT2D eigenvalue weighted by atomic mass is 9.81. The summed E-state index contributed by atoms with van der Waals surface area (Å²) >= 11 is 1.27. The van der Waals surface area contributed by atoms with Crippen molar-refractivity contribution >= 4 is 34.4 Å². The van der Waals surface area contributed by atoms with Gasteiger partial charge in [0.2, 0.25) is 5.91 Å². The Balaban J connectivity index is 2.00. The Morgan fingerprint density at radius 3 is 2.90 bits per heavy atom. The number of amides is 1. The molecule has 2 N–H and O–H groups in total. The Hall–Kier alpha value is -1.69. The summed E-state index contributed by atoms with van der Waals surface area (Å²) in [7, 11) is 0. The van der Waals surface area contributed by atoms with Crippen molar-refractivity contribution in [1.82, 2.24) is 4.98 Å². The van der Waals surface area contributed by atoms with Crippen LogP contribution in [0.3, 0.4) is 0 Å². The highest BCUT2D eigenvalue weighted by Crippen LogP contribution is 2.43. The van der Waals surface area contributed by atoms with Crippen LogP contribution < -0.4 is 5.32 Å². The van der Waals surface area contributed by atoms with Crippen molar-refractivity contribution in [3.8, 4) is 0 Å². The second-order valence-corrected chi connectivity index (χ2v) is 6.72. The molecule has 1 unspecified atom stereocenters. The first-order valence-corrected chi connectivity index (χ1v) is 7.38. The van der Waals surface area contributed by atoms with Gasteiger partial charge in [0.1, 0.15) is 0 Å². The largest absolute Gasteiger partial charge is 0.478 e. The van der Waals surface area contributed by atoms with E-state index in [1.54, 1.807) is 6.20 Å². The summed E-state index contributed by atoms with van der Waals surface area (Å²) in [5.74, 6) is -0.975. The second-order valence-electron chi connectivity index (χ2n) is 5.66. The number of carbonyl (C=O) groups is 2. The van der Waals surface area contributed by atoms with Crippen LogP contribution in [0.5, 0.6) is 0 Å². The first-order valence-electron chi connectivity index (χ1n) is 6.56. The van der Waals surface area contributed by atoms with Crippen LogP contribution in [0.15, 0.2) is 12.3 Å². The van der Waals surface area contributed by atoms with Gasteiger partial charge in [0.25, 0.3) is 0 Å². The highest BCUT2D eigenvalue weighted by atomic mass is 32.1. The summed E-state index contributed by atoms with van der Waals surface area (Å²) in [6, 6.07) is 0. The second kappa shape index (κ2) is 5.75. The molecule has 6 heteroatoms. The van der Waals surface area contributed by atoms with E-state index in [-0.39, 0.29) is 17.2 Å². The minimum absolute atomic E-state index is 0.00983. The van der Waals surface area contributed by atoms with Crippen molar-refractivity contribution in [2.45, 2.75) is 33.1 Å². The van der Waals surface area contributed by atoms with Crippen molar-refractivity contribution in [3.63, 3.8) is 0 Å². The monoisotopic (exact) mass is 294 g/mol. The number of nitrogens with zero attached hydrogens (tertiary/aromatic N) is 1. The third-order valence-corrected chi connectivity index (χ3v) is 4.60. The lowest BCUT2D eigenvalue weighted by Gasteiger charge is -2.25. The summed E-state index contributed by atoms with van der Waals surface area (Å²) in [5, 5.41) is 11.9. The normalized spacial score (nSPS) is 21.2. The lowest BCUT2D eigenvalue weighted by molar-refractivity contribution is -0.131.